The molecule has 0 saturated heterocycles. The number of carboxylic acids is 1. The van der Waals surface area contributed by atoms with E-state index in [4.69, 9.17) is 5.11 Å². The third kappa shape index (κ3) is 16.4. The summed E-state index contributed by atoms with van der Waals surface area (Å²) >= 11 is 0. The molecule has 2 nitrogen and oxygen atoms in total. The first-order valence-corrected chi connectivity index (χ1v) is 7.12. The van der Waals surface area contributed by atoms with Gasteiger partial charge in [-0.15, -0.1) is 0 Å². The Morgan fingerprint density at radius 3 is 2.05 bits per heavy atom. The largest absolute Gasteiger partial charge is 0.481 e. The second-order valence-electron chi connectivity index (χ2n) is 4.36. The van der Waals surface area contributed by atoms with Crippen LogP contribution in [0.2, 0.25) is 0 Å². The predicted octanol–water partition coefficient (Wildman–Crippen LogP) is 5.05. The molecule has 0 aliphatic rings. The highest BCUT2D eigenvalue weighted by Crippen LogP contribution is 2.00. The van der Waals surface area contributed by atoms with Crippen molar-refractivity contribution >= 4 is 5.97 Å². The van der Waals surface area contributed by atoms with Crippen molar-refractivity contribution in [2.45, 2.75) is 51.9 Å². The van der Waals surface area contributed by atoms with Gasteiger partial charge in [0, 0.05) is 6.42 Å². The van der Waals surface area contributed by atoms with Crippen LogP contribution in [0.3, 0.4) is 0 Å². The highest BCUT2D eigenvalue weighted by Gasteiger charge is 1.90. The molecule has 0 aromatic carbocycles. The molecule has 0 saturated carbocycles. The molecule has 0 spiro atoms. The minimum absolute atomic E-state index is 0.200. The Hall–Kier alpha value is -1.57. The monoisotopic (exact) mass is 262 g/mol. The van der Waals surface area contributed by atoms with Gasteiger partial charge in [0.1, 0.15) is 0 Å². The topological polar surface area (TPSA) is 37.3 Å². The number of hydrogen-bond acceptors (Lipinski definition) is 1. The Balaban J connectivity index is 3.44. The molecule has 0 unspecified atom stereocenters. The van der Waals surface area contributed by atoms with Gasteiger partial charge in [-0.2, -0.15) is 0 Å². The summed E-state index contributed by atoms with van der Waals surface area (Å²) in [7, 11) is 0. The Kier molecular flexibility index (Phi) is 13.3. The quantitative estimate of drug-likeness (QED) is 0.321. The molecule has 19 heavy (non-hydrogen) atoms. The fourth-order valence-corrected chi connectivity index (χ4v) is 1.44. The molecule has 0 heterocycles. The average molecular weight is 262 g/mol. The van der Waals surface area contributed by atoms with Crippen LogP contribution in [0.25, 0.3) is 0 Å². The van der Waals surface area contributed by atoms with Crippen LogP contribution in [0.1, 0.15) is 51.9 Å². The Morgan fingerprint density at radius 2 is 1.42 bits per heavy atom. The maximum Gasteiger partial charge on any atom is 0.303 e. The van der Waals surface area contributed by atoms with Crippen molar-refractivity contribution in [2.75, 3.05) is 0 Å². The van der Waals surface area contributed by atoms with E-state index in [9.17, 15) is 4.79 Å². The molecule has 0 aromatic rings. The lowest BCUT2D eigenvalue weighted by molar-refractivity contribution is -0.136. The summed E-state index contributed by atoms with van der Waals surface area (Å²) < 4.78 is 0. The van der Waals surface area contributed by atoms with Crippen LogP contribution >= 0.6 is 0 Å². The molecule has 0 atom stereocenters. The van der Waals surface area contributed by atoms with E-state index < -0.39 is 5.97 Å². The fourth-order valence-electron chi connectivity index (χ4n) is 1.44. The van der Waals surface area contributed by atoms with Gasteiger partial charge in [0.15, 0.2) is 0 Å². The van der Waals surface area contributed by atoms with Gasteiger partial charge in [0.2, 0.25) is 0 Å². The van der Waals surface area contributed by atoms with E-state index in [1.165, 1.54) is 19.3 Å². The Labute approximate surface area is 117 Å². The van der Waals surface area contributed by atoms with Gasteiger partial charge < -0.3 is 5.11 Å². The Bertz CT molecular complexity index is 322. The van der Waals surface area contributed by atoms with E-state index in [-0.39, 0.29) is 6.42 Å². The summed E-state index contributed by atoms with van der Waals surface area (Å²) in [5.41, 5.74) is 0. The first-order valence-electron chi connectivity index (χ1n) is 7.12. The molecule has 0 aliphatic heterocycles. The lowest BCUT2D eigenvalue weighted by atomic mass is 10.2. The number of hydrogen-bond donors (Lipinski definition) is 1. The van der Waals surface area contributed by atoms with Crippen LogP contribution in [0.5, 0.6) is 0 Å². The molecular formula is C17H26O2. The van der Waals surface area contributed by atoms with Crippen molar-refractivity contribution < 1.29 is 9.90 Å². The van der Waals surface area contributed by atoms with Gasteiger partial charge in [-0.1, -0.05) is 62.0 Å². The van der Waals surface area contributed by atoms with Gasteiger partial charge in [-0.05, 0) is 32.1 Å². The third-order valence-electron chi connectivity index (χ3n) is 2.49. The third-order valence-corrected chi connectivity index (χ3v) is 2.49. The smallest absolute Gasteiger partial charge is 0.303 e. The summed E-state index contributed by atoms with van der Waals surface area (Å²) in [6.45, 7) is 2.19. The summed E-state index contributed by atoms with van der Waals surface area (Å²) in [5, 5.41) is 8.44. The van der Waals surface area contributed by atoms with E-state index in [0.717, 1.165) is 12.8 Å². The fraction of sp³-hybridized carbons (Fsp3) is 0.471. The van der Waals surface area contributed by atoms with Crippen molar-refractivity contribution in [1.82, 2.24) is 0 Å². The van der Waals surface area contributed by atoms with Crippen LogP contribution in [0.4, 0.5) is 0 Å². The molecule has 106 valence electrons. The van der Waals surface area contributed by atoms with Crippen molar-refractivity contribution in [3.8, 4) is 0 Å². The number of unbranched alkanes of at least 4 members (excludes halogenated alkanes) is 3. The van der Waals surface area contributed by atoms with Crippen LogP contribution in [-0.4, -0.2) is 11.1 Å². The van der Waals surface area contributed by atoms with Crippen LogP contribution < -0.4 is 0 Å². The average Bonchev–Trinajstić information content (AvgIpc) is 2.39. The molecule has 0 aromatic heterocycles. The lowest BCUT2D eigenvalue weighted by Crippen LogP contribution is -1.91. The SMILES string of the molecule is CCC/C=C/CCC/C=C/C=C/C=C/CCC(=O)O. The number of carbonyl (C=O) groups is 1. The minimum atomic E-state index is -0.749. The first kappa shape index (κ1) is 17.4. The second-order valence-corrected chi connectivity index (χ2v) is 4.36. The molecule has 0 rings (SSSR count). The molecule has 0 fully saturated rings. The zero-order valence-electron chi connectivity index (χ0n) is 11.9. The predicted molar refractivity (Wildman–Crippen MR) is 82.2 cm³/mol. The standard InChI is InChI=1S/C17H26O2/c1-2-3-4-5-6-7-8-9-10-11-12-13-14-15-16-17(18)19/h4-5,9-14H,2-3,6-8,15-16H2,1H3,(H,18,19)/b5-4+,10-9+,12-11+,14-13+. The number of allylic oxidation sites excluding steroid dienone is 8. The molecule has 2 heteroatoms. The highest BCUT2D eigenvalue weighted by atomic mass is 16.4. The Morgan fingerprint density at radius 1 is 0.842 bits per heavy atom. The molecule has 0 bridgehead atoms. The van der Waals surface area contributed by atoms with Crippen LogP contribution in [-0.2, 0) is 4.79 Å². The molecule has 1 N–H and O–H groups in total. The van der Waals surface area contributed by atoms with Gasteiger partial charge in [-0.25, -0.2) is 0 Å². The van der Waals surface area contributed by atoms with E-state index in [1.807, 2.05) is 30.4 Å². The summed E-state index contributed by atoms with van der Waals surface area (Å²) in [6, 6.07) is 0. The van der Waals surface area contributed by atoms with E-state index in [1.54, 1.807) is 0 Å². The van der Waals surface area contributed by atoms with E-state index >= 15 is 0 Å². The number of aliphatic carboxylic acids is 1. The zero-order valence-corrected chi connectivity index (χ0v) is 11.9. The maximum atomic E-state index is 10.2. The molecular weight excluding hydrogens is 236 g/mol. The molecule has 0 amide bonds. The van der Waals surface area contributed by atoms with E-state index in [0.29, 0.717) is 6.42 Å². The van der Waals surface area contributed by atoms with Crippen LogP contribution in [0, 0.1) is 0 Å². The molecule has 0 radical (unpaired) electrons. The summed E-state index contributed by atoms with van der Waals surface area (Å²) in [4.78, 5) is 10.2. The normalized spacial score (nSPS) is 12.5. The van der Waals surface area contributed by atoms with Crippen molar-refractivity contribution in [3.05, 3.63) is 48.6 Å². The van der Waals surface area contributed by atoms with Crippen molar-refractivity contribution in [2.24, 2.45) is 0 Å². The summed E-state index contributed by atoms with van der Waals surface area (Å²) in [6.07, 6.45) is 23.0. The number of rotatable bonds is 11. The van der Waals surface area contributed by atoms with Crippen molar-refractivity contribution in [3.63, 3.8) is 0 Å². The van der Waals surface area contributed by atoms with Gasteiger partial charge >= 0.3 is 5.97 Å². The minimum Gasteiger partial charge on any atom is -0.481 e. The van der Waals surface area contributed by atoms with Crippen molar-refractivity contribution in [1.29, 1.82) is 0 Å². The highest BCUT2D eigenvalue weighted by molar-refractivity contribution is 5.66. The maximum absolute atomic E-state index is 10.2. The molecule has 0 aliphatic carbocycles. The lowest BCUT2D eigenvalue weighted by Gasteiger charge is -1.89. The van der Waals surface area contributed by atoms with E-state index in [2.05, 4.69) is 25.2 Å². The van der Waals surface area contributed by atoms with Gasteiger partial charge in [-0.3, -0.25) is 4.79 Å². The van der Waals surface area contributed by atoms with Crippen LogP contribution in [0.15, 0.2) is 48.6 Å². The second kappa shape index (κ2) is 14.5. The number of carboxylic acid groups (broad SMARTS) is 1. The summed E-state index contributed by atoms with van der Waals surface area (Å²) in [5.74, 6) is -0.749. The zero-order chi connectivity index (χ0) is 14.2. The first-order chi connectivity index (χ1) is 9.27. The van der Waals surface area contributed by atoms with Gasteiger partial charge in [0.25, 0.3) is 0 Å². The van der Waals surface area contributed by atoms with Gasteiger partial charge in [0.05, 0.1) is 0 Å².